The second-order valence-electron chi connectivity index (χ2n) is 19.0. The van der Waals surface area contributed by atoms with Crippen molar-refractivity contribution < 1.29 is 28.7 Å². The van der Waals surface area contributed by atoms with Gasteiger partial charge < -0.3 is 29.7 Å². The lowest BCUT2D eigenvalue weighted by Crippen LogP contribution is -2.58. The lowest BCUT2D eigenvalue weighted by Gasteiger charge is -2.39. The summed E-state index contributed by atoms with van der Waals surface area (Å²) in [5.74, 6) is -1.17. The third-order valence-electron chi connectivity index (χ3n) is 14.6. The lowest BCUT2D eigenvalue weighted by molar-refractivity contribution is -0.122. The molecule has 1 aromatic heterocycles. The summed E-state index contributed by atoms with van der Waals surface area (Å²) < 4.78 is 5.71. The van der Waals surface area contributed by atoms with Gasteiger partial charge in [0.2, 0.25) is 5.91 Å². The summed E-state index contributed by atoms with van der Waals surface area (Å²) >= 11 is 0. The number of aromatic amines is 1. The molecule has 0 saturated carbocycles. The second kappa shape index (κ2) is 20.1. The van der Waals surface area contributed by atoms with E-state index in [0.717, 1.165) is 147 Å². The number of piperazine rings is 1. The molecule has 4 fully saturated rings. The number of anilines is 2. The molecule has 3 N–H and O–H groups in total. The first-order chi connectivity index (χ1) is 32.8. The molecule has 9 rings (SSSR count). The minimum absolute atomic E-state index is 0.0200. The average molecular weight is 926 g/mol. The Morgan fingerprint density at radius 1 is 0.779 bits per heavy atom. The summed E-state index contributed by atoms with van der Waals surface area (Å²) in [4.78, 5) is 90.1. The fraction of sp³-hybridized carbons (Fsp3) is 0.462. The van der Waals surface area contributed by atoms with E-state index in [-0.39, 0.29) is 42.1 Å². The smallest absolute Gasteiger partial charge is 0.343 e. The van der Waals surface area contributed by atoms with E-state index in [1.54, 1.807) is 12.1 Å². The zero-order chi connectivity index (χ0) is 47.6. The summed E-state index contributed by atoms with van der Waals surface area (Å²) in [6.45, 7) is 17.9. The number of fused-ring (bicyclic) bond motifs is 1. The van der Waals surface area contributed by atoms with Crippen molar-refractivity contribution in [3.8, 4) is 11.1 Å². The number of ether oxygens (including phenoxy) is 1. The standard InChI is InChI=1S/C52H63N9O7/c1-5-59(40-15-24-68-25-16-40)46-28-39(27-43(35(46)4)48(63)53-30-45-33(2)26-34(3)54-49(45)64)38-8-6-36(7-9-38)31-56-20-22-57(23-21-56)32-37-12-17-58(18-13-37)41-10-11-42-44(29-41)51(66)61(50(42)65)60-19-14-47(62)55-52(60)67/h6-11,26-29,37,40H,5,12-25,30-32H2,1-4H3,(H,53,63)(H,54,64)(H,55,62,67). The van der Waals surface area contributed by atoms with Crippen molar-refractivity contribution in [3.05, 3.63) is 116 Å². The van der Waals surface area contributed by atoms with E-state index in [4.69, 9.17) is 4.74 Å². The summed E-state index contributed by atoms with van der Waals surface area (Å²) in [7, 11) is 0. The first-order valence-electron chi connectivity index (χ1n) is 24.2. The van der Waals surface area contributed by atoms with Crippen molar-refractivity contribution in [1.82, 2.24) is 35.4 Å². The molecule has 16 heteroatoms. The monoisotopic (exact) mass is 925 g/mol. The molecule has 0 bridgehead atoms. The van der Waals surface area contributed by atoms with Gasteiger partial charge in [-0.15, -0.1) is 0 Å². The van der Waals surface area contributed by atoms with Crippen LogP contribution in [0.1, 0.15) is 98.0 Å². The second-order valence-corrected chi connectivity index (χ2v) is 19.0. The maximum absolute atomic E-state index is 14.0. The van der Waals surface area contributed by atoms with Crippen molar-refractivity contribution in [2.24, 2.45) is 5.92 Å². The van der Waals surface area contributed by atoms with Crippen LogP contribution in [0.25, 0.3) is 11.1 Å². The number of imide groups is 2. The molecule has 0 radical (unpaired) electrons. The number of aryl methyl sites for hydroxylation is 2. The molecule has 0 spiro atoms. The van der Waals surface area contributed by atoms with Crippen molar-refractivity contribution in [2.75, 3.05) is 81.9 Å². The number of pyridine rings is 1. The SMILES string of the molecule is CCN(c1cc(-c2ccc(CN3CCN(CC4CCN(c5ccc6c(c5)C(=O)N(N5CCC(=O)NC5=O)C6=O)CC4)CC3)cc2)cc(C(=O)NCc2c(C)cc(C)[nH]c2=O)c1C)C1CCOCC1. The largest absolute Gasteiger partial charge is 0.381 e. The normalized spacial score (nSPS) is 18.9. The number of H-pyrrole nitrogens is 1. The average Bonchev–Trinajstić information content (AvgIpc) is 3.58. The molecule has 0 unspecified atom stereocenters. The highest BCUT2D eigenvalue weighted by Crippen LogP contribution is 2.35. The van der Waals surface area contributed by atoms with Gasteiger partial charge in [-0.25, -0.2) is 9.80 Å². The molecule has 5 aliphatic rings. The molecular formula is C52H63N9O7. The van der Waals surface area contributed by atoms with Crippen LogP contribution in [0.5, 0.6) is 0 Å². The molecule has 68 heavy (non-hydrogen) atoms. The number of nitrogens with zero attached hydrogens (tertiary/aromatic N) is 6. The van der Waals surface area contributed by atoms with Crippen molar-refractivity contribution in [3.63, 3.8) is 0 Å². The van der Waals surface area contributed by atoms with E-state index in [9.17, 15) is 28.8 Å². The fourth-order valence-corrected chi connectivity index (χ4v) is 10.7. The Morgan fingerprint density at radius 2 is 1.49 bits per heavy atom. The molecule has 6 amide bonds. The van der Waals surface area contributed by atoms with Gasteiger partial charge in [-0.1, -0.05) is 24.3 Å². The maximum Gasteiger partial charge on any atom is 0.343 e. The topological polar surface area (TPSA) is 171 Å². The van der Waals surface area contributed by atoms with Gasteiger partial charge in [0.1, 0.15) is 0 Å². The van der Waals surface area contributed by atoms with E-state index in [1.807, 2.05) is 39.0 Å². The van der Waals surface area contributed by atoms with Crippen LogP contribution in [0, 0.1) is 26.7 Å². The van der Waals surface area contributed by atoms with Crippen LogP contribution >= 0.6 is 0 Å². The van der Waals surface area contributed by atoms with E-state index in [1.165, 1.54) is 5.56 Å². The lowest BCUT2D eigenvalue weighted by atomic mass is 9.94. The number of hydrogen-bond acceptors (Lipinski definition) is 11. The molecule has 0 aliphatic carbocycles. The summed E-state index contributed by atoms with van der Waals surface area (Å²) in [5.41, 5.74) is 9.29. The number of carbonyl (C=O) groups is 5. The number of aromatic nitrogens is 1. The van der Waals surface area contributed by atoms with Crippen molar-refractivity contribution in [1.29, 1.82) is 0 Å². The Bertz CT molecular complexity index is 2640. The minimum Gasteiger partial charge on any atom is -0.381 e. The Morgan fingerprint density at radius 3 is 2.18 bits per heavy atom. The molecular weight excluding hydrogens is 863 g/mol. The Labute approximate surface area is 397 Å². The predicted octanol–water partition coefficient (Wildman–Crippen LogP) is 5.39. The van der Waals surface area contributed by atoms with Crippen LogP contribution < -0.4 is 26.0 Å². The van der Waals surface area contributed by atoms with Gasteiger partial charge in [0.15, 0.2) is 0 Å². The summed E-state index contributed by atoms with van der Waals surface area (Å²) in [6.07, 6.45) is 3.94. The van der Waals surface area contributed by atoms with Crippen LogP contribution in [0.3, 0.4) is 0 Å². The number of hydrogen-bond donors (Lipinski definition) is 3. The predicted molar refractivity (Wildman–Crippen MR) is 260 cm³/mol. The Kier molecular flexibility index (Phi) is 13.8. The molecule has 4 saturated heterocycles. The molecule has 6 heterocycles. The third-order valence-corrected chi connectivity index (χ3v) is 14.6. The van der Waals surface area contributed by atoms with Gasteiger partial charge in [-0.3, -0.25) is 34.2 Å². The molecule has 0 atom stereocenters. The third kappa shape index (κ3) is 9.80. The molecule has 358 valence electrons. The molecule has 3 aromatic carbocycles. The van der Waals surface area contributed by atoms with Crippen molar-refractivity contribution >= 4 is 41.0 Å². The van der Waals surface area contributed by atoms with E-state index in [2.05, 4.69) is 72.5 Å². The van der Waals surface area contributed by atoms with Gasteiger partial charge in [0.05, 0.1) is 17.7 Å². The highest BCUT2D eigenvalue weighted by Gasteiger charge is 2.43. The van der Waals surface area contributed by atoms with Crippen LogP contribution in [0.15, 0.2) is 65.5 Å². The van der Waals surface area contributed by atoms with Crippen LogP contribution in [0.2, 0.25) is 0 Å². The number of carbonyl (C=O) groups excluding carboxylic acids is 5. The number of benzene rings is 3. The highest BCUT2D eigenvalue weighted by atomic mass is 16.5. The van der Waals surface area contributed by atoms with E-state index < -0.39 is 23.8 Å². The number of hydrazine groups is 1. The number of amides is 6. The zero-order valence-electron chi connectivity index (χ0n) is 39.7. The first kappa shape index (κ1) is 46.7. The minimum atomic E-state index is -0.769. The maximum atomic E-state index is 14.0. The number of urea groups is 1. The summed E-state index contributed by atoms with van der Waals surface area (Å²) in [5, 5.41) is 7.12. The molecule has 16 nitrogen and oxygen atoms in total. The number of piperidine rings is 1. The summed E-state index contributed by atoms with van der Waals surface area (Å²) in [6, 6.07) is 19.8. The quantitative estimate of drug-likeness (QED) is 0.147. The van der Waals surface area contributed by atoms with Gasteiger partial charge in [-0.05, 0) is 124 Å². The zero-order valence-corrected chi connectivity index (χ0v) is 39.7. The Balaban J connectivity index is 0.792. The molecule has 5 aliphatic heterocycles. The number of nitrogens with one attached hydrogen (secondary N) is 3. The van der Waals surface area contributed by atoms with Gasteiger partial charge in [0.25, 0.3) is 23.3 Å². The van der Waals surface area contributed by atoms with Crippen molar-refractivity contribution in [2.45, 2.75) is 78.9 Å². The van der Waals surface area contributed by atoms with Crippen LogP contribution in [-0.2, 0) is 22.6 Å². The molecule has 4 aromatic rings. The highest BCUT2D eigenvalue weighted by molar-refractivity contribution is 6.22. The fourth-order valence-electron chi connectivity index (χ4n) is 10.7. The van der Waals surface area contributed by atoms with Gasteiger partial charge in [-0.2, -0.15) is 5.01 Å². The van der Waals surface area contributed by atoms with Gasteiger partial charge in [0, 0.05) is 119 Å². The van der Waals surface area contributed by atoms with E-state index in [0.29, 0.717) is 23.1 Å². The van der Waals surface area contributed by atoms with Crippen LogP contribution in [0.4, 0.5) is 16.2 Å². The number of rotatable bonds is 13. The van der Waals surface area contributed by atoms with Gasteiger partial charge >= 0.3 is 6.03 Å². The van der Waals surface area contributed by atoms with E-state index >= 15 is 0 Å². The Hall–Kier alpha value is -6.36. The van der Waals surface area contributed by atoms with Crippen LogP contribution in [-0.4, -0.2) is 133 Å². The first-order valence-corrected chi connectivity index (χ1v) is 24.2.